The van der Waals surface area contributed by atoms with Crippen LogP contribution in [0, 0.1) is 11.3 Å². The Morgan fingerprint density at radius 3 is 2.38 bits per heavy atom. The molecule has 0 amide bonds. The number of hydrogen-bond donors (Lipinski definition) is 4. The van der Waals surface area contributed by atoms with Crippen molar-refractivity contribution in [1.82, 2.24) is 0 Å². The average molecular weight is 364 g/mol. The highest BCUT2D eigenvalue weighted by molar-refractivity contribution is 5.76. The molecule has 144 valence electrons. The first-order valence-corrected chi connectivity index (χ1v) is 9.30. The third-order valence-electron chi connectivity index (χ3n) is 7.83. The molecule has 0 radical (unpaired) electrons. The molecule has 6 nitrogen and oxygen atoms in total. The van der Waals surface area contributed by atoms with Gasteiger partial charge in [-0.2, -0.15) is 0 Å². The first kappa shape index (κ1) is 18.2. The van der Waals surface area contributed by atoms with Crippen LogP contribution < -0.4 is 0 Å². The highest BCUT2D eigenvalue weighted by Gasteiger charge is 2.92. The second kappa shape index (κ2) is 4.61. The number of ether oxygens (including phenoxy) is 1. The minimum absolute atomic E-state index is 0.112. The van der Waals surface area contributed by atoms with Gasteiger partial charge in [-0.15, -0.1) is 0 Å². The summed E-state index contributed by atoms with van der Waals surface area (Å²) in [5.74, 6) is -0.652. The quantitative estimate of drug-likeness (QED) is 0.408. The minimum atomic E-state index is -2.14. The van der Waals surface area contributed by atoms with E-state index in [9.17, 15) is 25.2 Å². The summed E-state index contributed by atoms with van der Waals surface area (Å²) in [6, 6.07) is 0. The van der Waals surface area contributed by atoms with Gasteiger partial charge < -0.3 is 25.2 Å². The van der Waals surface area contributed by atoms with Gasteiger partial charge in [0.2, 0.25) is 0 Å². The van der Waals surface area contributed by atoms with Gasteiger partial charge in [0.05, 0.1) is 6.42 Å². The van der Waals surface area contributed by atoms with E-state index < -0.39 is 39.9 Å². The van der Waals surface area contributed by atoms with E-state index in [-0.39, 0.29) is 18.8 Å². The largest absolute Gasteiger partial charge is 0.455 e. The van der Waals surface area contributed by atoms with Crippen LogP contribution in [0.4, 0.5) is 0 Å². The Morgan fingerprint density at radius 2 is 1.81 bits per heavy atom. The molecule has 1 aliphatic heterocycles. The Hall–Kier alpha value is -1.21. The number of allylic oxidation sites excluding steroid dienone is 1. The number of aliphatic hydroxyl groups is 4. The molecule has 0 aromatic heterocycles. The second-order valence-electron chi connectivity index (χ2n) is 9.21. The predicted octanol–water partition coefficient (Wildman–Crippen LogP) is 0.972. The number of rotatable bonds is 1. The fraction of sp³-hybridized carbons (Fsp3) is 0.750. The van der Waals surface area contributed by atoms with Gasteiger partial charge >= 0.3 is 5.97 Å². The molecule has 1 saturated heterocycles. The van der Waals surface area contributed by atoms with Crippen molar-refractivity contribution in [3.8, 4) is 0 Å². The van der Waals surface area contributed by atoms with Crippen LogP contribution in [0.5, 0.6) is 0 Å². The fourth-order valence-corrected chi connectivity index (χ4v) is 6.53. The third kappa shape index (κ3) is 1.40. The fourth-order valence-electron chi connectivity index (χ4n) is 6.53. The number of carbonyl (C=O) groups excluding carboxylic acids is 1. The Bertz CT molecular complexity index is 783. The molecule has 4 aliphatic rings. The maximum atomic E-state index is 12.5. The third-order valence-corrected chi connectivity index (χ3v) is 7.83. The highest BCUT2D eigenvalue weighted by atomic mass is 16.6. The van der Waals surface area contributed by atoms with Crippen LogP contribution in [0.2, 0.25) is 0 Å². The lowest BCUT2D eigenvalue weighted by molar-refractivity contribution is -0.248. The van der Waals surface area contributed by atoms with Crippen molar-refractivity contribution >= 4 is 5.97 Å². The van der Waals surface area contributed by atoms with E-state index in [1.54, 1.807) is 13.8 Å². The molecule has 1 heterocycles. The molecule has 0 bridgehead atoms. The summed E-state index contributed by atoms with van der Waals surface area (Å²) in [5.41, 5.74) is -7.77. The second-order valence-corrected chi connectivity index (χ2v) is 9.21. The molecule has 4 N–H and O–H groups in total. The van der Waals surface area contributed by atoms with Gasteiger partial charge in [-0.3, -0.25) is 4.79 Å². The van der Waals surface area contributed by atoms with E-state index in [4.69, 9.17) is 4.74 Å². The smallest absolute Gasteiger partial charge is 0.307 e. The zero-order chi connectivity index (χ0) is 19.5. The van der Waals surface area contributed by atoms with Crippen LogP contribution in [0.1, 0.15) is 53.9 Å². The molecule has 0 spiro atoms. The van der Waals surface area contributed by atoms with Crippen LogP contribution in [0.25, 0.3) is 0 Å². The van der Waals surface area contributed by atoms with Crippen LogP contribution >= 0.6 is 0 Å². The van der Waals surface area contributed by atoms with E-state index >= 15 is 0 Å². The monoisotopic (exact) mass is 364 g/mol. The zero-order valence-electron chi connectivity index (χ0n) is 16.0. The van der Waals surface area contributed by atoms with Crippen molar-refractivity contribution in [3.05, 3.63) is 22.8 Å². The normalized spacial score (nSPS) is 52.8. The summed E-state index contributed by atoms with van der Waals surface area (Å²) in [6.07, 6.45) is 0.780. The summed E-state index contributed by atoms with van der Waals surface area (Å²) in [6.45, 7) is 8.86. The van der Waals surface area contributed by atoms with Crippen molar-refractivity contribution in [2.75, 3.05) is 0 Å². The number of carbonyl (C=O) groups is 1. The maximum Gasteiger partial charge on any atom is 0.307 e. The van der Waals surface area contributed by atoms with E-state index in [0.717, 1.165) is 5.57 Å². The molecular formula is C20H28O6. The van der Waals surface area contributed by atoms with E-state index in [0.29, 0.717) is 17.6 Å². The Labute approximate surface area is 153 Å². The van der Waals surface area contributed by atoms with Gasteiger partial charge in [0.1, 0.15) is 16.8 Å². The molecule has 26 heavy (non-hydrogen) atoms. The van der Waals surface area contributed by atoms with Crippen LogP contribution in [0.3, 0.4) is 0 Å². The van der Waals surface area contributed by atoms with E-state index in [2.05, 4.69) is 0 Å². The van der Waals surface area contributed by atoms with Crippen molar-refractivity contribution in [2.24, 2.45) is 11.3 Å². The average Bonchev–Trinajstić information content (AvgIpc) is 2.75. The Morgan fingerprint density at radius 1 is 1.19 bits per heavy atom. The van der Waals surface area contributed by atoms with Crippen LogP contribution in [0.15, 0.2) is 22.8 Å². The molecule has 2 fully saturated rings. The Balaban J connectivity index is 2.14. The van der Waals surface area contributed by atoms with Crippen LogP contribution in [-0.4, -0.2) is 54.9 Å². The van der Waals surface area contributed by atoms with Gasteiger partial charge in [0.15, 0.2) is 11.7 Å². The first-order chi connectivity index (χ1) is 11.8. The highest BCUT2D eigenvalue weighted by Crippen LogP contribution is 2.74. The van der Waals surface area contributed by atoms with E-state index in [1.165, 1.54) is 6.08 Å². The summed E-state index contributed by atoms with van der Waals surface area (Å²) in [5, 5.41) is 47.4. The summed E-state index contributed by atoms with van der Waals surface area (Å²) in [4.78, 5) is 12.5. The van der Waals surface area contributed by atoms with Gasteiger partial charge in [-0.25, -0.2) is 0 Å². The van der Waals surface area contributed by atoms with Crippen molar-refractivity contribution in [2.45, 2.75) is 82.4 Å². The zero-order valence-corrected chi connectivity index (χ0v) is 16.0. The topological polar surface area (TPSA) is 107 Å². The molecule has 6 atom stereocenters. The molecule has 4 unspecified atom stereocenters. The number of hydrogen-bond acceptors (Lipinski definition) is 6. The van der Waals surface area contributed by atoms with Crippen molar-refractivity contribution in [3.63, 3.8) is 0 Å². The van der Waals surface area contributed by atoms with Gasteiger partial charge in [0, 0.05) is 5.41 Å². The van der Waals surface area contributed by atoms with E-state index in [1.807, 2.05) is 20.8 Å². The van der Waals surface area contributed by atoms with Crippen molar-refractivity contribution in [1.29, 1.82) is 0 Å². The summed E-state index contributed by atoms with van der Waals surface area (Å²) < 4.78 is 5.54. The lowest BCUT2D eigenvalue weighted by Gasteiger charge is -2.53. The van der Waals surface area contributed by atoms with Crippen LogP contribution in [-0.2, 0) is 9.53 Å². The molecule has 0 aromatic carbocycles. The molecule has 6 heteroatoms. The molecule has 0 aromatic rings. The van der Waals surface area contributed by atoms with Gasteiger partial charge in [-0.05, 0) is 49.8 Å². The van der Waals surface area contributed by atoms with Gasteiger partial charge in [-0.1, -0.05) is 26.3 Å². The lowest BCUT2D eigenvalue weighted by atomic mass is 9.58. The lowest BCUT2D eigenvalue weighted by Crippen LogP contribution is -2.68. The minimum Gasteiger partial charge on any atom is -0.455 e. The first-order valence-electron chi connectivity index (χ1n) is 9.30. The number of esters is 1. The Kier molecular flexibility index (Phi) is 3.22. The standard InChI is InChI=1S/C20H28O6/c1-10(2)14-12(4)19(24)18(23)8-11(3)6-7-17(18,22)16(5)9-13(21)26-15(14)20(16,19)25/h8,10,15,22-25H,6-7,9H2,1-5H3/t15-,16?,17?,18?,19?,20+/m0/s1. The molecule has 4 rings (SSSR count). The summed E-state index contributed by atoms with van der Waals surface area (Å²) in [7, 11) is 0. The predicted molar refractivity (Wildman–Crippen MR) is 92.9 cm³/mol. The maximum absolute atomic E-state index is 12.5. The summed E-state index contributed by atoms with van der Waals surface area (Å²) >= 11 is 0. The molecular weight excluding hydrogens is 336 g/mol. The molecule has 1 saturated carbocycles. The van der Waals surface area contributed by atoms with Crippen molar-refractivity contribution < 1.29 is 30.0 Å². The van der Waals surface area contributed by atoms with Gasteiger partial charge in [0.25, 0.3) is 0 Å². The molecule has 3 aliphatic carbocycles. The number of fused-ring (bicyclic) bond motifs is 3. The SMILES string of the molecule is CC1=CC2(O)C(O)(CC1)C1(C)CC(=O)O[C@H]3C(C(C)C)=C(C)C2(O)[C@@]31O.